The molecule has 0 rings (SSSR count). The first-order valence-corrected chi connectivity index (χ1v) is 6.90. The average molecular weight is 246 g/mol. The van der Waals surface area contributed by atoms with E-state index in [-0.39, 0.29) is 5.97 Å². The Labute approximate surface area is 107 Å². The monoisotopic (exact) mass is 246 g/mol. The smallest absolute Gasteiger partial charge is 0.302 e. The van der Waals surface area contributed by atoms with Crippen molar-refractivity contribution >= 4 is 5.97 Å². The minimum Gasteiger partial charge on any atom is -0.466 e. The number of unbranched alkanes of at least 4 members (excludes halogenated alkanes) is 5. The molecule has 104 valence electrons. The minimum absolute atomic E-state index is 0.163. The Morgan fingerprint density at radius 1 is 0.882 bits per heavy atom. The fourth-order valence-electron chi connectivity index (χ4n) is 1.30. The fourth-order valence-corrected chi connectivity index (χ4v) is 1.30. The molecule has 0 aliphatic heterocycles. The maximum atomic E-state index is 10.4. The van der Waals surface area contributed by atoms with Crippen molar-refractivity contribution < 1.29 is 14.3 Å². The molecule has 0 N–H and O–H groups in total. The number of ether oxygens (including phenoxy) is 2. The first-order valence-electron chi connectivity index (χ1n) is 6.90. The van der Waals surface area contributed by atoms with Gasteiger partial charge in [0.05, 0.1) is 6.61 Å². The summed E-state index contributed by atoms with van der Waals surface area (Å²) in [6.07, 6.45) is 7.40. The summed E-state index contributed by atoms with van der Waals surface area (Å²) in [7, 11) is 0. The molecule has 3 nitrogen and oxygen atoms in total. The quantitative estimate of drug-likeness (QED) is 0.456. The second-order valence-corrected chi connectivity index (χ2v) is 3.89. The molecule has 0 aromatic carbocycles. The lowest BCUT2D eigenvalue weighted by atomic mass is 10.1. The standard InChI is InChI=1S/C10H20O2.C4H10O/c1-3-4-5-6-7-8-9-12-10(2)11;1-3-5-4-2/h3-9H2,1-2H3;3-4H2,1-2H3. The molecule has 0 radical (unpaired) electrons. The highest BCUT2D eigenvalue weighted by molar-refractivity contribution is 5.65. The van der Waals surface area contributed by atoms with Gasteiger partial charge in [-0.2, -0.15) is 0 Å². The summed E-state index contributed by atoms with van der Waals surface area (Å²) < 4.78 is 9.64. The molecular formula is C14H30O3. The lowest BCUT2D eigenvalue weighted by Crippen LogP contribution is -1.99. The van der Waals surface area contributed by atoms with Crippen LogP contribution in [-0.4, -0.2) is 25.8 Å². The molecule has 17 heavy (non-hydrogen) atoms. The highest BCUT2D eigenvalue weighted by Crippen LogP contribution is 2.04. The van der Waals surface area contributed by atoms with Gasteiger partial charge in [-0.25, -0.2) is 0 Å². The fraction of sp³-hybridized carbons (Fsp3) is 0.929. The zero-order chi connectivity index (χ0) is 13.4. The molecule has 0 spiro atoms. The third-order valence-corrected chi connectivity index (χ3v) is 2.21. The molecule has 0 aromatic heterocycles. The SMILES string of the molecule is CCCCCCCCOC(C)=O.CCOCC. The van der Waals surface area contributed by atoms with E-state index in [0.29, 0.717) is 6.61 Å². The predicted molar refractivity (Wildman–Crippen MR) is 72.2 cm³/mol. The summed E-state index contributed by atoms with van der Waals surface area (Å²) in [5.74, 6) is -0.163. The summed E-state index contributed by atoms with van der Waals surface area (Å²) >= 11 is 0. The van der Waals surface area contributed by atoms with Crippen LogP contribution in [0.5, 0.6) is 0 Å². The Morgan fingerprint density at radius 2 is 1.41 bits per heavy atom. The van der Waals surface area contributed by atoms with Crippen LogP contribution in [0.25, 0.3) is 0 Å². The zero-order valence-electron chi connectivity index (χ0n) is 12.1. The minimum atomic E-state index is -0.163. The second-order valence-electron chi connectivity index (χ2n) is 3.89. The lowest BCUT2D eigenvalue weighted by Gasteiger charge is -2.01. The molecule has 0 amide bonds. The van der Waals surface area contributed by atoms with E-state index in [9.17, 15) is 4.79 Å². The van der Waals surface area contributed by atoms with Crippen LogP contribution in [0.4, 0.5) is 0 Å². The molecule has 0 fully saturated rings. The van der Waals surface area contributed by atoms with Crippen molar-refractivity contribution in [3.05, 3.63) is 0 Å². The van der Waals surface area contributed by atoms with Gasteiger partial charge in [0.2, 0.25) is 0 Å². The van der Waals surface area contributed by atoms with Crippen LogP contribution >= 0.6 is 0 Å². The van der Waals surface area contributed by atoms with Crippen molar-refractivity contribution in [2.45, 2.75) is 66.2 Å². The third-order valence-electron chi connectivity index (χ3n) is 2.21. The van der Waals surface area contributed by atoms with Crippen molar-refractivity contribution in [3.63, 3.8) is 0 Å². The maximum absolute atomic E-state index is 10.4. The molecule has 0 heterocycles. The van der Waals surface area contributed by atoms with Crippen LogP contribution in [0.1, 0.15) is 66.2 Å². The van der Waals surface area contributed by atoms with E-state index in [0.717, 1.165) is 19.6 Å². The van der Waals surface area contributed by atoms with Crippen LogP contribution in [0, 0.1) is 0 Å². The number of hydrogen-bond donors (Lipinski definition) is 0. The summed E-state index contributed by atoms with van der Waals surface area (Å²) in [6, 6.07) is 0. The lowest BCUT2D eigenvalue weighted by molar-refractivity contribution is -0.141. The average Bonchev–Trinajstić information content (AvgIpc) is 2.29. The maximum Gasteiger partial charge on any atom is 0.302 e. The van der Waals surface area contributed by atoms with Crippen LogP contribution in [0.2, 0.25) is 0 Å². The predicted octanol–water partition coefficient (Wildman–Crippen LogP) is 3.95. The topological polar surface area (TPSA) is 35.5 Å². The van der Waals surface area contributed by atoms with E-state index >= 15 is 0 Å². The Balaban J connectivity index is 0. The first-order chi connectivity index (χ1) is 8.18. The van der Waals surface area contributed by atoms with Gasteiger partial charge >= 0.3 is 5.97 Å². The van der Waals surface area contributed by atoms with Gasteiger partial charge in [0.15, 0.2) is 0 Å². The summed E-state index contributed by atoms with van der Waals surface area (Å²) in [5.41, 5.74) is 0. The molecule has 0 aliphatic rings. The largest absolute Gasteiger partial charge is 0.466 e. The summed E-state index contributed by atoms with van der Waals surface area (Å²) in [5, 5.41) is 0. The third kappa shape index (κ3) is 25.6. The van der Waals surface area contributed by atoms with Crippen LogP contribution in [0.3, 0.4) is 0 Å². The molecule has 0 aromatic rings. The number of hydrogen-bond acceptors (Lipinski definition) is 3. The Morgan fingerprint density at radius 3 is 1.82 bits per heavy atom. The molecule has 0 bridgehead atoms. The van der Waals surface area contributed by atoms with Crippen molar-refractivity contribution in [2.24, 2.45) is 0 Å². The molecular weight excluding hydrogens is 216 g/mol. The van der Waals surface area contributed by atoms with Gasteiger partial charge in [0.1, 0.15) is 0 Å². The molecule has 0 unspecified atom stereocenters. The van der Waals surface area contributed by atoms with Crippen LogP contribution in [0.15, 0.2) is 0 Å². The van der Waals surface area contributed by atoms with Gasteiger partial charge < -0.3 is 9.47 Å². The Hall–Kier alpha value is -0.570. The van der Waals surface area contributed by atoms with Crippen molar-refractivity contribution in [2.75, 3.05) is 19.8 Å². The molecule has 0 saturated heterocycles. The van der Waals surface area contributed by atoms with Crippen LogP contribution < -0.4 is 0 Å². The number of carbonyl (C=O) groups is 1. The van der Waals surface area contributed by atoms with Crippen molar-refractivity contribution in [1.29, 1.82) is 0 Å². The zero-order valence-corrected chi connectivity index (χ0v) is 12.1. The number of carbonyl (C=O) groups excluding carboxylic acids is 1. The van der Waals surface area contributed by atoms with Gasteiger partial charge in [-0.1, -0.05) is 39.0 Å². The summed E-state index contributed by atoms with van der Waals surface area (Å²) in [6.45, 7) is 9.93. The first kappa shape index (κ1) is 18.8. The van der Waals surface area contributed by atoms with Crippen molar-refractivity contribution in [1.82, 2.24) is 0 Å². The van der Waals surface area contributed by atoms with Crippen molar-refractivity contribution in [3.8, 4) is 0 Å². The van der Waals surface area contributed by atoms with E-state index in [1.165, 1.54) is 39.0 Å². The molecule has 0 aliphatic carbocycles. The van der Waals surface area contributed by atoms with Gasteiger partial charge in [-0.15, -0.1) is 0 Å². The van der Waals surface area contributed by atoms with E-state index in [2.05, 4.69) is 6.92 Å². The Bertz CT molecular complexity index is 144. The van der Waals surface area contributed by atoms with Gasteiger partial charge in [-0.05, 0) is 20.3 Å². The van der Waals surface area contributed by atoms with E-state index in [4.69, 9.17) is 9.47 Å². The highest BCUT2D eigenvalue weighted by atomic mass is 16.5. The van der Waals surface area contributed by atoms with E-state index in [1.54, 1.807) is 0 Å². The van der Waals surface area contributed by atoms with Gasteiger partial charge in [0, 0.05) is 20.1 Å². The molecule has 0 saturated carbocycles. The Kier molecular flexibility index (Phi) is 19.7. The summed E-state index contributed by atoms with van der Waals surface area (Å²) in [4.78, 5) is 10.4. The van der Waals surface area contributed by atoms with E-state index < -0.39 is 0 Å². The van der Waals surface area contributed by atoms with Gasteiger partial charge in [-0.3, -0.25) is 4.79 Å². The van der Waals surface area contributed by atoms with E-state index in [1.807, 2.05) is 13.8 Å². The highest BCUT2D eigenvalue weighted by Gasteiger charge is 1.92. The number of rotatable bonds is 9. The molecule has 0 atom stereocenters. The molecule has 3 heteroatoms. The van der Waals surface area contributed by atoms with Gasteiger partial charge in [0.25, 0.3) is 0 Å². The van der Waals surface area contributed by atoms with Crippen LogP contribution in [-0.2, 0) is 14.3 Å². The second kappa shape index (κ2) is 17.8. The normalized spacial score (nSPS) is 9.41. The number of esters is 1.